The SMILES string of the molecule is Cc1cc(-c2ccc(-n3ccn(C)c3=O)c(C)c2)c(O)c(-c2cnc(C)c(N3CCC4(CCN4C(C)C)C3)c2)n1. The van der Waals surface area contributed by atoms with E-state index in [0.717, 1.165) is 59.0 Å². The van der Waals surface area contributed by atoms with Crippen molar-refractivity contribution < 1.29 is 5.11 Å². The molecule has 0 aliphatic carbocycles. The molecule has 2 saturated heterocycles. The van der Waals surface area contributed by atoms with Crippen LogP contribution in [0, 0.1) is 20.8 Å². The van der Waals surface area contributed by atoms with Gasteiger partial charge in [-0.3, -0.25) is 14.5 Å². The van der Waals surface area contributed by atoms with Gasteiger partial charge in [-0.25, -0.2) is 9.78 Å². The van der Waals surface area contributed by atoms with Crippen LogP contribution in [-0.4, -0.2) is 60.3 Å². The molecule has 1 spiro atoms. The fourth-order valence-corrected chi connectivity index (χ4v) is 6.66. The zero-order valence-corrected chi connectivity index (χ0v) is 24.3. The monoisotopic (exact) mass is 538 g/mol. The second-order valence-corrected chi connectivity index (χ2v) is 11.8. The molecule has 6 rings (SSSR count). The number of likely N-dealkylation sites (tertiary alicyclic amines) is 1. The van der Waals surface area contributed by atoms with Gasteiger partial charge in [-0.05, 0) is 82.9 Å². The first-order valence-electron chi connectivity index (χ1n) is 14.1. The summed E-state index contributed by atoms with van der Waals surface area (Å²) >= 11 is 0. The molecule has 0 bridgehead atoms. The van der Waals surface area contributed by atoms with E-state index in [-0.39, 0.29) is 17.0 Å². The van der Waals surface area contributed by atoms with Crippen LogP contribution in [0.1, 0.15) is 43.6 Å². The second kappa shape index (κ2) is 9.63. The Hall–Kier alpha value is -3.91. The summed E-state index contributed by atoms with van der Waals surface area (Å²) in [7, 11) is 1.74. The van der Waals surface area contributed by atoms with Gasteiger partial charge in [0.1, 0.15) is 11.4 Å². The minimum absolute atomic E-state index is 0.0958. The van der Waals surface area contributed by atoms with Crippen LogP contribution in [0.15, 0.2) is 53.7 Å². The predicted octanol–water partition coefficient (Wildman–Crippen LogP) is 4.99. The highest BCUT2D eigenvalue weighted by Gasteiger charge is 2.50. The molecule has 1 aromatic carbocycles. The average molecular weight is 539 g/mol. The number of hydrogen-bond donors (Lipinski definition) is 1. The summed E-state index contributed by atoms with van der Waals surface area (Å²) < 4.78 is 3.18. The molecule has 8 nitrogen and oxygen atoms in total. The largest absolute Gasteiger partial charge is 0.505 e. The van der Waals surface area contributed by atoms with Gasteiger partial charge in [-0.1, -0.05) is 6.07 Å². The van der Waals surface area contributed by atoms with Gasteiger partial charge in [0.15, 0.2) is 0 Å². The average Bonchev–Trinajstić information content (AvgIpc) is 3.50. The van der Waals surface area contributed by atoms with Crippen molar-refractivity contribution in [3.63, 3.8) is 0 Å². The zero-order valence-electron chi connectivity index (χ0n) is 24.3. The van der Waals surface area contributed by atoms with Crippen molar-refractivity contribution in [2.75, 3.05) is 24.5 Å². The second-order valence-electron chi connectivity index (χ2n) is 11.8. The molecule has 0 saturated carbocycles. The van der Waals surface area contributed by atoms with Crippen LogP contribution in [-0.2, 0) is 7.05 Å². The first-order valence-corrected chi connectivity index (χ1v) is 14.1. The van der Waals surface area contributed by atoms with Gasteiger partial charge in [0.05, 0.1) is 17.1 Å². The minimum atomic E-state index is -0.0958. The van der Waals surface area contributed by atoms with E-state index in [4.69, 9.17) is 9.97 Å². The van der Waals surface area contributed by atoms with E-state index in [1.54, 1.807) is 28.6 Å². The highest BCUT2D eigenvalue weighted by molar-refractivity contribution is 5.81. The molecule has 0 amide bonds. The van der Waals surface area contributed by atoms with Crippen LogP contribution in [0.25, 0.3) is 28.1 Å². The lowest BCUT2D eigenvalue weighted by Gasteiger charge is -2.53. The van der Waals surface area contributed by atoms with E-state index in [0.29, 0.717) is 17.3 Å². The molecular weight excluding hydrogens is 500 g/mol. The molecule has 40 heavy (non-hydrogen) atoms. The predicted molar refractivity (Wildman–Crippen MR) is 159 cm³/mol. The number of aromatic hydroxyl groups is 1. The number of aryl methyl sites for hydroxylation is 4. The first-order chi connectivity index (χ1) is 19.1. The van der Waals surface area contributed by atoms with E-state index in [1.165, 1.54) is 13.0 Å². The minimum Gasteiger partial charge on any atom is -0.505 e. The third-order valence-corrected chi connectivity index (χ3v) is 8.89. The van der Waals surface area contributed by atoms with Crippen molar-refractivity contribution in [3.05, 3.63) is 76.4 Å². The Morgan fingerprint density at radius 3 is 2.40 bits per heavy atom. The number of nitrogens with zero attached hydrogens (tertiary/aromatic N) is 6. The summed E-state index contributed by atoms with van der Waals surface area (Å²) in [6.07, 6.45) is 7.74. The number of hydrogen-bond acceptors (Lipinski definition) is 6. The normalized spacial score (nSPS) is 19.1. The van der Waals surface area contributed by atoms with Gasteiger partial charge in [0.25, 0.3) is 0 Å². The summed E-state index contributed by atoms with van der Waals surface area (Å²) in [6, 6.07) is 10.5. The maximum atomic E-state index is 12.5. The van der Waals surface area contributed by atoms with E-state index in [2.05, 4.69) is 36.6 Å². The van der Waals surface area contributed by atoms with Crippen molar-refractivity contribution in [1.82, 2.24) is 24.0 Å². The van der Waals surface area contributed by atoms with Gasteiger partial charge >= 0.3 is 5.69 Å². The van der Waals surface area contributed by atoms with Crippen molar-refractivity contribution >= 4 is 5.69 Å². The molecule has 0 radical (unpaired) electrons. The summed E-state index contributed by atoms with van der Waals surface area (Å²) in [4.78, 5) is 27.1. The van der Waals surface area contributed by atoms with Crippen LogP contribution in [0.4, 0.5) is 5.69 Å². The number of rotatable bonds is 5. The lowest BCUT2D eigenvalue weighted by molar-refractivity contribution is -0.0237. The fraction of sp³-hybridized carbons (Fsp3) is 0.406. The van der Waals surface area contributed by atoms with Gasteiger partial charge in [0, 0.05) is 73.7 Å². The van der Waals surface area contributed by atoms with E-state index in [1.807, 2.05) is 44.3 Å². The summed E-state index contributed by atoms with van der Waals surface area (Å²) in [5, 5.41) is 11.5. The van der Waals surface area contributed by atoms with Crippen LogP contribution >= 0.6 is 0 Å². The Morgan fingerprint density at radius 2 is 1.75 bits per heavy atom. The van der Waals surface area contributed by atoms with E-state index >= 15 is 0 Å². The fourth-order valence-electron chi connectivity index (χ4n) is 6.66. The molecule has 4 aromatic rings. The van der Waals surface area contributed by atoms with E-state index < -0.39 is 0 Å². The lowest BCUT2D eigenvalue weighted by Crippen LogP contribution is -2.63. The number of aromatic nitrogens is 4. The molecule has 3 aromatic heterocycles. The molecule has 208 valence electrons. The third-order valence-electron chi connectivity index (χ3n) is 8.89. The summed E-state index contributed by atoms with van der Waals surface area (Å²) in [6.45, 7) is 13.7. The summed E-state index contributed by atoms with van der Waals surface area (Å²) in [5.74, 6) is 0.133. The lowest BCUT2D eigenvalue weighted by atomic mass is 9.82. The molecule has 1 atom stereocenters. The van der Waals surface area contributed by atoms with Gasteiger partial charge in [-0.15, -0.1) is 0 Å². The molecule has 2 fully saturated rings. The Bertz CT molecular complexity index is 1670. The molecule has 2 aliphatic rings. The molecule has 8 heteroatoms. The molecular formula is C32H38N6O2. The van der Waals surface area contributed by atoms with Crippen molar-refractivity contribution in [2.45, 2.75) is 59.0 Å². The third kappa shape index (κ3) is 4.22. The van der Waals surface area contributed by atoms with E-state index in [9.17, 15) is 9.90 Å². The highest BCUT2D eigenvalue weighted by Crippen LogP contribution is 2.44. The number of pyridine rings is 2. The Kier molecular flexibility index (Phi) is 6.33. The molecule has 2 aliphatic heterocycles. The molecule has 5 heterocycles. The maximum absolute atomic E-state index is 12.5. The summed E-state index contributed by atoms with van der Waals surface area (Å²) in [5.41, 5.74) is 7.77. The van der Waals surface area contributed by atoms with Crippen LogP contribution in [0.5, 0.6) is 5.75 Å². The molecule has 1 unspecified atom stereocenters. The maximum Gasteiger partial charge on any atom is 0.332 e. The highest BCUT2D eigenvalue weighted by atomic mass is 16.3. The van der Waals surface area contributed by atoms with Crippen LogP contribution in [0.2, 0.25) is 0 Å². The van der Waals surface area contributed by atoms with Gasteiger partial charge < -0.3 is 14.6 Å². The smallest absolute Gasteiger partial charge is 0.332 e. The number of benzene rings is 1. The Balaban J connectivity index is 1.35. The topological polar surface area (TPSA) is 79.4 Å². The Morgan fingerprint density at radius 1 is 0.975 bits per heavy atom. The van der Waals surface area contributed by atoms with Gasteiger partial charge in [0.2, 0.25) is 0 Å². The number of imidazole rings is 1. The quantitative estimate of drug-likeness (QED) is 0.386. The van der Waals surface area contributed by atoms with Crippen LogP contribution in [0.3, 0.4) is 0 Å². The zero-order chi connectivity index (χ0) is 28.3. The van der Waals surface area contributed by atoms with Crippen LogP contribution < -0.4 is 10.6 Å². The first kappa shape index (κ1) is 26.3. The standard InChI is InChI=1S/C32H38N6O2/c1-20(2)38-12-10-32(38)9-11-36(19-32)28-17-25(18-33-23(28)5)29-30(39)26(16-22(4)34-29)24-7-8-27(21(3)15-24)37-14-13-35(6)31(37)40/h7-8,13-18,20,39H,9-12,19H2,1-6H3. The Labute approximate surface area is 235 Å². The van der Waals surface area contributed by atoms with Crippen molar-refractivity contribution in [1.29, 1.82) is 0 Å². The van der Waals surface area contributed by atoms with Crippen molar-refractivity contribution in [2.24, 2.45) is 7.05 Å². The van der Waals surface area contributed by atoms with Gasteiger partial charge in [-0.2, -0.15) is 0 Å². The van der Waals surface area contributed by atoms with Crippen molar-refractivity contribution in [3.8, 4) is 33.8 Å². The number of anilines is 1. The molecule has 1 N–H and O–H groups in total.